The number of para-hydroxylation sites is 2. The molecule has 0 bridgehead atoms. The van der Waals surface area contributed by atoms with Gasteiger partial charge >= 0.3 is 6.16 Å². The lowest BCUT2D eigenvalue weighted by Crippen LogP contribution is -2.15. The van der Waals surface area contributed by atoms with Crippen molar-refractivity contribution in [3.63, 3.8) is 0 Å². The Morgan fingerprint density at radius 2 is 1.11 bits per heavy atom. The molecule has 2 aromatic rings. The van der Waals surface area contributed by atoms with Crippen molar-refractivity contribution < 1.29 is 14.3 Å². The van der Waals surface area contributed by atoms with E-state index < -0.39 is 6.16 Å². The van der Waals surface area contributed by atoms with E-state index in [1.54, 1.807) is 0 Å². The Morgan fingerprint density at radius 3 is 1.63 bits per heavy atom. The molecule has 2 rings (SSSR count). The van der Waals surface area contributed by atoms with Gasteiger partial charge in [0.15, 0.2) is 0 Å². The number of unbranched alkanes of at least 4 members (excludes halogenated alkanes) is 5. The van der Waals surface area contributed by atoms with Gasteiger partial charge < -0.3 is 9.47 Å². The first-order chi connectivity index (χ1) is 13.2. The van der Waals surface area contributed by atoms with Gasteiger partial charge in [0.1, 0.15) is 11.5 Å². The molecule has 0 fully saturated rings. The molecule has 0 saturated carbocycles. The molecular formula is C24H32O3. The Labute approximate surface area is 163 Å². The highest BCUT2D eigenvalue weighted by atomic mass is 16.7. The molecule has 27 heavy (non-hydrogen) atoms. The second kappa shape index (κ2) is 12.2. The van der Waals surface area contributed by atoms with Gasteiger partial charge in [-0.2, -0.15) is 0 Å². The molecule has 0 N–H and O–H groups in total. The third-order valence-electron chi connectivity index (χ3n) is 4.68. The van der Waals surface area contributed by atoms with Crippen molar-refractivity contribution in [3.05, 3.63) is 59.7 Å². The molecule has 0 aromatic heterocycles. The second-order valence-electron chi connectivity index (χ2n) is 6.94. The zero-order valence-corrected chi connectivity index (χ0v) is 16.7. The molecule has 0 aliphatic heterocycles. The summed E-state index contributed by atoms with van der Waals surface area (Å²) in [6.07, 6.45) is 9.32. The lowest BCUT2D eigenvalue weighted by atomic mass is 10.1. The third-order valence-corrected chi connectivity index (χ3v) is 4.68. The Bertz CT molecular complexity index is 694. The van der Waals surface area contributed by atoms with E-state index in [1.807, 2.05) is 48.5 Å². The topological polar surface area (TPSA) is 35.5 Å². The Morgan fingerprint density at radius 1 is 0.667 bits per heavy atom. The molecule has 0 saturated heterocycles. The van der Waals surface area contributed by atoms with E-state index in [1.165, 1.54) is 32.1 Å². The van der Waals surface area contributed by atoms with Crippen LogP contribution in [0, 0.1) is 0 Å². The van der Waals surface area contributed by atoms with Gasteiger partial charge in [-0.05, 0) is 48.9 Å². The van der Waals surface area contributed by atoms with Crippen molar-refractivity contribution >= 4 is 6.16 Å². The molecule has 0 amide bonds. The fourth-order valence-corrected chi connectivity index (χ4v) is 3.13. The Balaban J connectivity index is 1.96. The molecule has 0 radical (unpaired) electrons. The number of hydrogen-bond acceptors (Lipinski definition) is 3. The highest BCUT2D eigenvalue weighted by Crippen LogP contribution is 2.24. The van der Waals surface area contributed by atoms with E-state index in [-0.39, 0.29) is 0 Å². The highest BCUT2D eigenvalue weighted by Gasteiger charge is 2.13. The fourth-order valence-electron chi connectivity index (χ4n) is 3.13. The van der Waals surface area contributed by atoms with Crippen LogP contribution in [0.1, 0.15) is 69.9 Å². The smallest absolute Gasteiger partial charge is 0.394 e. The van der Waals surface area contributed by atoms with Gasteiger partial charge in [-0.3, -0.25) is 0 Å². The summed E-state index contributed by atoms with van der Waals surface area (Å²) in [5.41, 5.74) is 2.11. The van der Waals surface area contributed by atoms with Gasteiger partial charge in [0.2, 0.25) is 0 Å². The lowest BCUT2D eigenvalue weighted by Gasteiger charge is -2.12. The zero-order valence-electron chi connectivity index (χ0n) is 16.7. The number of rotatable bonds is 11. The molecule has 3 heteroatoms. The second-order valence-corrected chi connectivity index (χ2v) is 6.94. The lowest BCUT2D eigenvalue weighted by molar-refractivity contribution is 0.151. The van der Waals surface area contributed by atoms with E-state index in [4.69, 9.17) is 9.47 Å². The van der Waals surface area contributed by atoms with Crippen LogP contribution in [0.4, 0.5) is 4.79 Å². The number of hydrogen-bond donors (Lipinski definition) is 0. The minimum Gasteiger partial charge on any atom is -0.394 e. The van der Waals surface area contributed by atoms with Crippen LogP contribution in [0.15, 0.2) is 48.5 Å². The maximum absolute atomic E-state index is 12.3. The van der Waals surface area contributed by atoms with Gasteiger partial charge in [0, 0.05) is 0 Å². The van der Waals surface area contributed by atoms with Gasteiger partial charge in [-0.1, -0.05) is 82.3 Å². The fraction of sp³-hybridized carbons (Fsp3) is 0.458. The summed E-state index contributed by atoms with van der Waals surface area (Å²) in [4.78, 5) is 12.3. The van der Waals surface area contributed by atoms with Crippen LogP contribution in [0.5, 0.6) is 11.5 Å². The van der Waals surface area contributed by atoms with Crippen LogP contribution in [0.2, 0.25) is 0 Å². The Kier molecular flexibility index (Phi) is 9.47. The molecule has 3 nitrogen and oxygen atoms in total. The third kappa shape index (κ3) is 7.46. The maximum Gasteiger partial charge on any atom is 0.519 e. The normalized spacial score (nSPS) is 10.6. The van der Waals surface area contributed by atoms with Crippen molar-refractivity contribution in [1.29, 1.82) is 0 Å². The monoisotopic (exact) mass is 368 g/mol. The van der Waals surface area contributed by atoms with Crippen LogP contribution >= 0.6 is 0 Å². The molecule has 2 aromatic carbocycles. The molecule has 0 aliphatic rings. The standard InChI is InChI=1S/C24H32O3/c1-3-5-7-9-15-21-17-11-13-19-23(21)27-24(25)26-22-18-12-10-16-20(22)14-8-6-4-2/h10-13,16-19H,3-9,14-15H2,1-2H3. The Hall–Kier alpha value is -2.29. The number of benzene rings is 2. The summed E-state index contributed by atoms with van der Waals surface area (Å²) < 4.78 is 11.0. The average molecular weight is 369 g/mol. The average Bonchev–Trinajstić information content (AvgIpc) is 2.68. The molecule has 0 heterocycles. The molecule has 0 aliphatic carbocycles. The first-order valence-corrected chi connectivity index (χ1v) is 10.3. The summed E-state index contributed by atoms with van der Waals surface area (Å²) in [6, 6.07) is 15.4. The molecule has 0 atom stereocenters. The van der Waals surface area contributed by atoms with Gasteiger partial charge in [-0.15, -0.1) is 0 Å². The first-order valence-electron chi connectivity index (χ1n) is 10.3. The maximum atomic E-state index is 12.3. The largest absolute Gasteiger partial charge is 0.519 e. The molecular weight excluding hydrogens is 336 g/mol. The minimum absolute atomic E-state index is 0.596. The number of aryl methyl sites for hydroxylation is 2. The number of ether oxygens (including phenoxy) is 2. The minimum atomic E-state index is -0.668. The summed E-state index contributed by atoms with van der Waals surface area (Å²) in [6.45, 7) is 4.38. The van der Waals surface area contributed by atoms with Crippen LogP contribution in [0.3, 0.4) is 0 Å². The van der Waals surface area contributed by atoms with Gasteiger partial charge in [0.05, 0.1) is 0 Å². The van der Waals surface area contributed by atoms with Gasteiger partial charge in [-0.25, -0.2) is 4.79 Å². The highest BCUT2D eigenvalue weighted by molar-refractivity contribution is 5.68. The van der Waals surface area contributed by atoms with Crippen LogP contribution in [-0.4, -0.2) is 6.16 Å². The predicted octanol–water partition coefficient (Wildman–Crippen LogP) is 7.12. The van der Waals surface area contributed by atoms with Crippen molar-refractivity contribution in [3.8, 4) is 11.5 Å². The van der Waals surface area contributed by atoms with Crippen molar-refractivity contribution in [2.75, 3.05) is 0 Å². The predicted molar refractivity (Wildman–Crippen MR) is 111 cm³/mol. The SMILES string of the molecule is CCCCCCc1ccccc1OC(=O)Oc1ccccc1CCCCC. The summed E-state index contributed by atoms with van der Waals surface area (Å²) in [7, 11) is 0. The quantitative estimate of drug-likeness (QED) is 0.241. The van der Waals surface area contributed by atoms with E-state index in [9.17, 15) is 4.79 Å². The van der Waals surface area contributed by atoms with Crippen molar-refractivity contribution in [2.45, 2.75) is 71.6 Å². The van der Waals surface area contributed by atoms with Crippen LogP contribution < -0.4 is 9.47 Å². The number of carbonyl (C=O) groups is 1. The van der Waals surface area contributed by atoms with E-state index in [0.717, 1.165) is 36.8 Å². The van der Waals surface area contributed by atoms with Gasteiger partial charge in [0.25, 0.3) is 0 Å². The summed E-state index contributed by atoms with van der Waals surface area (Å²) in [5, 5.41) is 0. The van der Waals surface area contributed by atoms with E-state index in [2.05, 4.69) is 13.8 Å². The zero-order chi connectivity index (χ0) is 19.3. The van der Waals surface area contributed by atoms with Crippen molar-refractivity contribution in [1.82, 2.24) is 0 Å². The van der Waals surface area contributed by atoms with E-state index in [0.29, 0.717) is 11.5 Å². The van der Waals surface area contributed by atoms with Crippen LogP contribution in [0.25, 0.3) is 0 Å². The summed E-state index contributed by atoms with van der Waals surface area (Å²) >= 11 is 0. The molecule has 0 spiro atoms. The van der Waals surface area contributed by atoms with E-state index >= 15 is 0 Å². The number of carbonyl (C=O) groups excluding carboxylic acids is 1. The first kappa shape index (κ1) is 21.0. The van der Waals surface area contributed by atoms with Crippen LogP contribution in [-0.2, 0) is 12.8 Å². The van der Waals surface area contributed by atoms with Crippen molar-refractivity contribution in [2.24, 2.45) is 0 Å². The molecule has 146 valence electrons. The summed E-state index contributed by atoms with van der Waals surface area (Å²) in [5.74, 6) is 1.20. The molecule has 0 unspecified atom stereocenters.